The molecule has 0 aliphatic carbocycles. The highest BCUT2D eigenvalue weighted by atomic mass is 16.6. The Hall–Kier alpha value is -0.160. The van der Waals surface area contributed by atoms with Gasteiger partial charge in [-0.2, -0.15) is 0 Å². The first-order valence-electron chi connectivity index (χ1n) is 4.35. The van der Waals surface area contributed by atoms with E-state index >= 15 is 0 Å². The summed E-state index contributed by atoms with van der Waals surface area (Å²) in [4.78, 5) is 0. The zero-order chi connectivity index (χ0) is 9.56. The smallest absolute Gasteiger partial charge is 0.157 e. The molecule has 1 fully saturated rings. The summed E-state index contributed by atoms with van der Waals surface area (Å²) in [7, 11) is 0. The van der Waals surface area contributed by atoms with Gasteiger partial charge in [0.05, 0.1) is 18.8 Å². The van der Waals surface area contributed by atoms with Gasteiger partial charge in [-0.25, -0.2) is 0 Å². The Morgan fingerprint density at radius 3 is 2.25 bits per heavy atom. The molecule has 4 heteroatoms. The van der Waals surface area contributed by atoms with Crippen molar-refractivity contribution in [3.05, 3.63) is 0 Å². The molecule has 1 aliphatic rings. The first-order valence-corrected chi connectivity index (χ1v) is 4.35. The Bertz CT molecular complexity index is 97.2. The highest BCUT2D eigenvalue weighted by Gasteiger charge is 2.25. The van der Waals surface area contributed by atoms with Gasteiger partial charge in [-0.05, 0) is 0 Å². The molecule has 0 aromatic rings. The van der Waals surface area contributed by atoms with E-state index in [0.717, 1.165) is 0 Å². The van der Waals surface area contributed by atoms with Crippen LogP contribution in [0.5, 0.6) is 0 Å². The van der Waals surface area contributed by atoms with Crippen molar-refractivity contribution in [2.24, 2.45) is 0 Å². The van der Waals surface area contributed by atoms with Crippen LogP contribution in [0, 0.1) is 0 Å². The molecule has 74 valence electrons. The van der Waals surface area contributed by atoms with Gasteiger partial charge in [0.1, 0.15) is 0 Å². The molecule has 3 atom stereocenters. The van der Waals surface area contributed by atoms with Gasteiger partial charge in [-0.1, -0.05) is 13.8 Å². The molecule has 0 radical (unpaired) electrons. The maximum Gasteiger partial charge on any atom is 0.157 e. The molecule has 0 spiro atoms. The van der Waals surface area contributed by atoms with E-state index in [2.05, 4.69) is 0 Å². The normalized spacial score (nSPS) is 35.2. The van der Waals surface area contributed by atoms with Crippen LogP contribution in [0.2, 0.25) is 0 Å². The van der Waals surface area contributed by atoms with E-state index in [1.165, 1.54) is 0 Å². The molecule has 0 saturated carbocycles. The predicted molar refractivity (Wildman–Crippen MR) is 44.6 cm³/mol. The summed E-state index contributed by atoms with van der Waals surface area (Å²) < 4.78 is 4.85. The van der Waals surface area contributed by atoms with Crippen molar-refractivity contribution in [1.82, 2.24) is 0 Å². The summed E-state index contributed by atoms with van der Waals surface area (Å²) in [5.74, 6) is 0. The summed E-state index contributed by atoms with van der Waals surface area (Å²) in [6.07, 6.45) is -1.20. The minimum atomic E-state index is -0.916. The van der Waals surface area contributed by atoms with Crippen LogP contribution >= 0.6 is 0 Å². The van der Waals surface area contributed by atoms with Crippen molar-refractivity contribution in [1.29, 1.82) is 0 Å². The van der Waals surface area contributed by atoms with Crippen LogP contribution in [-0.4, -0.2) is 40.4 Å². The van der Waals surface area contributed by atoms with Gasteiger partial charge in [0, 0.05) is 12.8 Å². The van der Waals surface area contributed by atoms with Gasteiger partial charge in [-0.3, -0.25) is 0 Å². The van der Waals surface area contributed by atoms with Crippen molar-refractivity contribution in [2.75, 3.05) is 6.61 Å². The first-order chi connectivity index (χ1) is 5.72. The van der Waals surface area contributed by atoms with Crippen molar-refractivity contribution in [3.8, 4) is 0 Å². The summed E-state index contributed by atoms with van der Waals surface area (Å²) in [5, 5.41) is 26.5. The Kier molecular flexibility index (Phi) is 6.28. The molecule has 3 unspecified atom stereocenters. The van der Waals surface area contributed by atoms with E-state index in [1.807, 2.05) is 13.8 Å². The van der Waals surface area contributed by atoms with Crippen molar-refractivity contribution in [3.63, 3.8) is 0 Å². The number of hydrogen-bond acceptors (Lipinski definition) is 4. The fraction of sp³-hybridized carbons (Fsp3) is 1.00. The van der Waals surface area contributed by atoms with Gasteiger partial charge >= 0.3 is 0 Å². The Morgan fingerprint density at radius 1 is 1.25 bits per heavy atom. The summed E-state index contributed by atoms with van der Waals surface area (Å²) in [6.45, 7) is 3.86. The number of aliphatic hydroxyl groups excluding tert-OH is 3. The number of ether oxygens (including phenoxy) is 1. The number of aliphatic hydroxyl groups is 3. The van der Waals surface area contributed by atoms with Crippen LogP contribution < -0.4 is 0 Å². The Labute approximate surface area is 72.8 Å². The maximum absolute atomic E-state index is 9.03. The second-order valence-corrected chi connectivity index (χ2v) is 2.52. The third-order valence-electron chi connectivity index (χ3n) is 1.56. The monoisotopic (exact) mass is 178 g/mol. The van der Waals surface area contributed by atoms with E-state index < -0.39 is 18.5 Å². The van der Waals surface area contributed by atoms with Crippen LogP contribution in [-0.2, 0) is 4.74 Å². The third-order valence-corrected chi connectivity index (χ3v) is 1.56. The SMILES string of the molecule is CC.OCC1CC(O)CC(O)O1. The maximum atomic E-state index is 9.03. The molecule has 0 aromatic heterocycles. The molecule has 0 amide bonds. The lowest BCUT2D eigenvalue weighted by Crippen LogP contribution is -2.37. The Morgan fingerprint density at radius 2 is 1.83 bits per heavy atom. The molecule has 1 rings (SSSR count). The summed E-state index contributed by atoms with van der Waals surface area (Å²) >= 11 is 0. The van der Waals surface area contributed by atoms with E-state index in [4.69, 9.17) is 20.1 Å². The van der Waals surface area contributed by atoms with E-state index in [0.29, 0.717) is 6.42 Å². The highest BCUT2D eigenvalue weighted by Crippen LogP contribution is 2.17. The average Bonchev–Trinajstić information content (AvgIpc) is 2.06. The van der Waals surface area contributed by atoms with Gasteiger partial charge in [0.15, 0.2) is 6.29 Å². The van der Waals surface area contributed by atoms with E-state index in [9.17, 15) is 0 Å². The largest absolute Gasteiger partial charge is 0.394 e. The predicted octanol–water partition coefficient (Wildman–Crippen LogP) is -0.137. The van der Waals surface area contributed by atoms with Crippen molar-refractivity contribution >= 4 is 0 Å². The van der Waals surface area contributed by atoms with Crippen LogP contribution in [0.1, 0.15) is 26.7 Å². The average molecular weight is 178 g/mol. The van der Waals surface area contributed by atoms with Crippen LogP contribution in [0.3, 0.4) is 0 Å². The van der Waals surface area contributed by atoms with E-state index in [1.54, 1.807) is 0 Å². The minimum Gasteiger partial charge on any atom is -0.394 e. The van der Waals surface area contributed by atoms with Gasteiger partial charge in [0.25, 0.3) is 0 Å². The fourth-order valence-corrected chi connectivity index (χ4v) is 1.08. The zero-order valence-corrected chi connectivity index (χ0v) is 7.60. The molecular formula is C8H18O4. The first kappa shape index (κ1) is 11.8. The summed E-state index contributed by atoms with van der Waals surface area (Å²) in [6, 6.07) is 0. The molecule has 4 nitrogen and oxygen atoms in total. The molecule has 12 heavy (non-hydrogen) atoms. The van der Waals surface area contributed by atoms with Crippen molar-refractivity contribution < 1.29 is 20.1 Å². The molecule has 0 aromatic carbocycles. The molecule has 0 bridgehead atoms. The second-order valence-electron chi connectivity index (χ2n) is 2.52. The number of hydrogen-bond donors (Lipinski definition) is 3. The van der Waals surface area contributed by atoms with Gasteiger partial charge < -0.3 is 20.1 Å². The zero-order valence-electron chi connectivity index (χ0n) is 7.60. The quantitative estimate of drug-likeness (QED) is 0.523. The van der Waals surface area contributed by atoms with Crippen LogP contribution in [0.4, 0.5) is 0 Å². The van der Waals surface area contributed by atoms with Gasteiger partial charge in [-0.15, -0.1) is 0 Å². The third kappa shape index (κ3) is 4.01. The number of rotatable bonds is 1. The van der Waals surface area contributed by atoms with Crippen LogP contribution in [0.15, 0.2) is 0 Å². The standard InChI is InChI=1S/C6H12O4.C2H6/c7-3-5-1-4(8)2-6(9)10-5;1-2/h4-9H,1-3H2;1-2H3. The summed E-state index contributed by atoms with van der Waals surface area (Å²) in [5.41, 5.74) is 0. The second kappa shape index (κ2) is 6.37. The molecule has 3 N–H and O–H groups in total. The lowest BCUT2D eigenvalue weighted by atomic mass is 10.1. The van der Waals surface area contributed by atoms with E-state index in [-0.39, 0.29) is 13.0 Å². The molecule has 1 saturated heterocycles. The van der Waals surface area contributed by atoms with Gasteiger partial charge in [0.2, 0.25) is 0 Å². The molecule has 1 aliphatic heterocycles. The highest BCUT2D eigenvalue weighted by molar-refractivity contribution is 4.71. The van der Waals surface area contributed by atoms with Crippen molar-refractivity contribution in [2.45, 2.75) is 45.2 Å². The minimum absolute atomic E-state index is 0.145. The molecular weight excluding hydrogens is 160 g/mol. The lowest BCUT2D eigenvalue weighted by molar-refractivity contribution is -0.197. The lowest BCUT2D eigenvalue weighted by Gasteiger charge is -2.28. The van der Waals surface area contributed by atoms with Crippen LogP contribution in [0.25, 0.3) is 0 Å². The Balaban J connectivity index is 0.000000561. The topological polar surface area (TPSA) is 69.9 Å². The fourth-order valence-electron chi connectivity index (χ4n) is 1.08. The molecule has 1 heterocycles.